The van der Waals surface area contributed by atoms with Crippen molar-refractivity contribution < 1.29 is 4.79 Å². The highest BCUT2D eigenvalue weighted by molar-refractivity contribution is 6.16. The molecule has 1 unspecified atom stereocenters. The molecule has 0 bridgehead atoms. The van der Waals surface area contributed by atoms with Gasteiger partial charge in [0, 0.05) is 12.7 Å². The molecule has 0 aliphatic carbocycles. The van der Waals surface area contributed by atoms with Gasteiger partial charge < -0.3 is 9.88 Å². The number of amides is 1. The second kappa shape index (κ2) is 4.57. The van der Waals surface area contributed by atoms with Gasteiger partial charge in [0.15, 0.2) is 0 Å². The summed E-state index contributed by atoms with van der Waals surface area (Å²) in [5.74, 6) is 1.06. The van der Waals surface area contributed by atoms with Gasteiger partial charge in [-0.3, -0.25) is 9.78 Å². The van der Waals surface area contributed by atoms with Gasteiger partial charge in [-0.2, -0.15) is 0 Å². The maximum atomic E-state index is 12.0. The van der Waals surface area contributed by atoms with E-state index >= 15 is 0 Å². The number of alkyl halides is 1. The Labute approximate surface area is 109 Å². The Morgan fingerprint density at radius 3 is 3.22 bits per heavy atom. The molecular formula is C12H13ClN4O. The smallest absolute Gasteiger partial charge is 0.243 e. The lowest BCUT2D eigenvalue weighted by Gasteiger charge is -2.24. The molecule has 1 atom stereocenters. The molecule has 1 amide bonds. The monoisotopic (exact) mass is 264 g/mol. The Hall–Kier alpha value is -1.62. The maximum absolute atomic E-state index is 12.0. The number of imidazole rings is 1. The van der Waals surface area contributed by atoms with Crippen LogP contribution in [0.3, 0.4) is 0 Å². The molecule has 2 aromatic rings. The van der Waals surface area contributed by atoms with Gasteiger partial charge in [0.05, 0.1) is 17.6 Å². The average molecular weight is 265 g/mol. The van der Waals surface area contributed by atoms with Crippen molar-refractivity contribution in [1.29, 1.82) is 0 Å². The third-order valence-electron chi connectivity index (χ3n) is 3.25. The minimum Gasteiger partial charge on any atom is -0.354 e. The number of nitrogens with zero attached hydrogens (tertiary/aromatic N) is 3. The summed E-state index contributed by atoms with van der Waals surface area (Å²) in [5.41, 5.74) is 1.70. The summed E-state index contributed by atoms with van der Waals surface area (Å²) in [6, 6.07) is 1.67. The molecule has 1 aliphatic rings. The summed E-state index contributed by atoms with van der Waals surface area (Å²) in [5, 5.41) is 2.89. The van der Waals surface area contributed by atoms with Crippen molar-refractivity contribution in [2.45, 2.75) is 24.8 Å². The minimum atomic E-state index is -0.208. The second-order valence-corrected chi connectivity index (χ2v) is 4.61. The average Bonchev–Trinajstić information content (AvgIpc) is 2.78. The summed E-state index contributed by atoms with van der Waals surface area (Å²) in [6.07, 6.45) is 5.20. The van der Waals surface area contributed by atoms with Gasteiger partial charge in [-0.25, -0.2) is 4.98 Å². The highest BCUT2D eigenvalue weighted by Crippen LogP contribution is 2.26. The quantitative estimate of drug-likeness (QED) is 0.839. The van der Waals surface area contributed by atoms with E-state index in [1.807, 2.05) is 10.6 Å². The number of halogens is 1. The lowest BCUT2D eigenvalue weighted by molar-refractivity contribution is -0.125. The molecule has 1 N–H and O–H groups in total. The Morgan fingerprint density at radius 1 is 1.56 bits per heavy atom. The van der Waals surface area contributed by atoms with Crippen LogP contribution in [0.2, 0.25) is 0 Å². The molecule has 3 heterocycles. The van der Waals surface area contributed by atoms with Crippen LogP contribution in [0.4, 0.5) is 0 Å². The zero-order valence-electron chi connectivity index (χ0n) is 9.77. The molecule has 0 spiro atoms. The van der Waals surface area contributed by atoms with Gasteiger partial charge in [0.1, 0.15) is 17.4 Å². The number of fused-ring (bicyclic) bond motifs is 1. The Kier molecular flexibility index (Phi) is 2.91. The highest BCUT2D eigenvalue weighted by Gasteiger charge is 2.27. The van der Waals surface area contributed by atoms with Gasteiger partial charge in [-0.05, 0) is 18.9 Å². The normalized spacial score (nSPS) is 20.1. The molecular weight excluding hydrogens is 252 g/mol. The Balaban J connectivity index is 2.16. The van der Waals surface area contributed by atoms with Crippen molar-refractivity contribution in [2.75, 3.05) is 6.54 Å². The summed E-state index contributed by atoms with van der Waals surface area (Å²) < 4.78 is 1.94. The lowest BCUT2D eigenvalue weighted by atomic mass is 10.1. The summed E-state index contributed by atoms with van der Waals surface area (Å²) >= 11 is 5.94. The Bertz CT molecular complexity index is 595. The lowest BCUT2D eigenvalue weighted by Crippen LogP contribution is -2.38. The van der Waals surface area contributed by atoms with Gasteiger partial charge in [-0.15, -0.1) is 11.6 Å². The largest absolute Gasteiger partial charge is 0.354 e. The number of aromatic nitrogens is 3. The van der Waals surface area contributed by atoms with Crippen molar-refractivity contribution in [1.82, 2.24) is 19.9 Å². The Morgan fingerprint density at radius 2 is 2.44 bits per heavy atom. The van der Waals surface area contributed by atoms with Crippen LogP contribution in [0, 0.1) is 0 Å². The highest BCUT2D eigenvalue weighted by atomic mass is 35.5. The molecule has 5 nitrogen and oxygen atoms in total. The predicted molar refractivity (Wildman–Crippen MR) is 68.4 cm³/mol. The van der Waals surface area contributed by atoms with Crippen LogP contribution >= 0.6 is 11.6 Å². The van der Waals surface area contributed by atoms with Gasteiger partial charge >= 0.3 is 0 Å². The van der Waals surface area contributed by atoms with E-state index in [-0.39, 0.29) is 11.9 Å². The molecule has 0 radical (unpaired) electrons. The molecule has 94 valence electrons. The molecule has 2 aromatic heterocycles. The van der Waals surface area contributed by atoms with E-state index < -0.39 is 0 Å². The number of pyridine rings is 1. The van der Waals surface area contributed by atoms with E-state index in [1.165, 1.54) is 0 Å². The van der Waals surface area contributed by atoms with Crippen LogP contribution in [-0.2, 0) is 10.7 Å². The van der Waals surface area contributed by atoms with Crippen molar-refractivity contribution >= 4 is 28.5 Å². The molecule has 18 heavy (non-hydrogen) atoms. The zero-order chi connectivity index (χ0) is 12.5. The topological polar surface area (TPSA) is 59.8 Å². The standard InChI is InChI=1S/C12H13ClN4O/c13-6-11-16-8-7-14-5-3-9(8)17(11)10-2-1-4-15-12(10)18/h3,5,7,10H,1-2,4,6H2,(H,15,18). The number of hydrogen-bond donors (Lipinski definition) is 1. The number of carbonyl (C=O) groups is 1. The molecule has 3 rings (SSSR count). The van der Waals surface area contributed by atoms with Crippen molar-refractivity contribution in [2.24, 2.45) is 0 Å². The number of carbonyl (C=O) groups excluding carboxylic acids is 1. The van der Waals surface area contributed by atoms with Gasteiger partial charge in [0.25, 0.3) is 0 Å². The number of piperidine rings is 1. The fraction of sp³-hybridized carbons (Fsp3) is 0.417. The van der Waals surface area contributed by atoms with E-state index in [2.05, 4.69) is 15.3 Å². The minimum absolute atomic E-state index is 0.0451. The zero-order valence-corrected chi connectivity index (χ0v) is 10.5. The summed E-state index contributed by atoms with van der Waals surface area (Å²) in [7, 11) is 0. The van der Waals surface area contributed by atoms with Gasteiger partial charge in [0.2, 0.25) is 5.91 Å². The second-order valence-electron chi connectivity index (χ2n) is 4.35. The van der Waals surface area contributed by atoms with E-state index in [4.69, 9.17) is 11.6 Å². The van der Waals surface area contributed by atoms with Crippen molar-refractivity contribution in [3.8, 4) is 0 Å². The first-order valence-corrected chi connectivity index (χ1v) is 6.49. The molecule has 0 saturated carbocycles. The fourth-order valence-electron chi connectivity index (χ4n) is 2.44. The number of nitrogens with one attached hydrogen (secondary N) is 1. The van der Waals surface area contributed by atoms with Crippen LogP contribution < -0.4 is 5.32 Å². The van der Waals surface area contributed by atoms with E-state index in [1.54, 1.807) is 12.4 Å². The van der Waals surface area contributed by atoms with Crippen LogP contribution in [0.1, 0.15) is 24.7 Å². The first kappa shape index (κ1) is 11.5. The summed E-state index contributed by atoms with van der Waals surface area (Å²) in [4.78, 5) is 20.5. The van der Waals surface area contributed by atoms with Crippen molar-refractivity contribution in [3.05, 3.63) is 24.3 Å². The number of hydrogen-bond acceptors (Lipinski definition) is 3. The van der Waals surface area contributed by atoms with E-state index in [0.717, 1.165) is 36.2 Å². The van der Waals surface area contributed by atoms with E-state index in [0.29, 0.717) is 5.88 Å². The predicted octanol–water partition coefficient (Wildman–Crippen LogP) is 1.62. The maximum Gasteiger partial charge on any atom is 0.243 e. The summed E-state index contributed by atoms with van der Waals surface area (Å²) in [6.45, 7) is 0.750. The van der Waals surface area contributed by atoms with E-state index in [9.17, 15) is 4.79 Å². The number of rotatable bonds is 2. The SMILES string of the molecule is O=C1NCCCC1n1c(CCl)nc2cnccc21. The van der Waals surface area contributed by atoms with Crippen LogP contribution in [0.5, 0.6) is 0 Å². The molecule has 0 aromatic carbocycles. The first-order valence-electron chi connectivity index (χ1n) is 5.96. The van der Waals surface area contributed by atoms with Crippen LogP contribution in [0.25, 0.3) is 11.0 Å². The van der Waals surface area contributed by atoms with Crippen LogP contribution in [-0.4, -0.2) is 27.0 Å². The molecule has 1 fully saturated rings. The van der Waals surface area contributed by atoms with Crippen molar-refractivity contribution in [3.63, 3.8) is 0 Å². The van der Waals surface area contributed by atoms with Crippen LogP contribution in [0.15, 0.2) is 18.5 Å². The molecule has 6 heteroatoms. The molecule has 1 aliphatic heterocycles. The third-order valence-corrected chi connectivity index (χ3v) is 3.49. The third kappa shape index (κ3) is 1.75. The first-order chi connectivity index (χ1) is 8.81. The molecule has 1 saturated heterocycles. The fourth-order valence-corrected chi connectivity index (χ4v) is 2.63. The van der Waals surface area contributed by atoms with Gasteiger partial charge in [-0.1, -0.05) is 0 Å².